The van der Waals surface area contributed by atoms with E-state index in [9.17, 15) is 0 Å². The molecule has 0 spiro atoms. The number of aliphatic imine (C=N–C) groups is 1. The summed E-state index contributed by atoms with van der Waals surface area (Å²) in [5.74, 6) is 1.00. The highest BCUT2D eigenvalue weighted by Gasteiger charge is 2.38. The zero-order valence-electron chi connectivity index (χ0n) is 17.0. The maximum Gasteiger partial charge on any atom is 0.191 e. The lowest BCUT2D eigenvalue weighted by molar-refractivity contribution is 0.206. The predicted octanol–water partition coefficient (Wildman–Crippen LogP) is 4.16. The largest absolute Gasteiger partial charge is 0.357 e. The molecule has 4 nitrogen and oxygen atoms in total. The Kier molecular flexibility index (Phi) is 9.36. The average Bonchev–Trinajstić information content (AvgIpc) is 2.64. The van der Waals surface area contributed by atoms with Gasteiger partial charge in [-0.1, -0.05) is 43.7 Å². The second-order valence-electron chi connectivity index (χ2n) is 7.96. The van der Waals surface area contributed by atoms with Crippen molar-refractivity contribution in [2.75, 3.05) is 32.7 Å². The topological polar surface area (TPSA) is 39.7 Å². The van der Waals surface area contributed by atoms with Gasteiger partial charge in [0.05, 0.1) is 6.54 Å². The Morgan fingerprint density at radius 2 is 1.85 bits per heavy atom. The summed E-state index contributed by atoms with van der Waals surface area (Å²) in [5.41, 5.74) is 1.72. The summed E-state index contributed by atoms with van der Waals surface area (Å²) in [6.45, 7) is 9.87. The van der Waals surface area contributed by atoms with Crippen molar-refractivity contribution < 1.29 is 0 Å². The van der Waals surface area contributed by atoms with Gasteiger partial charge >= 0.3 is 0 Å². The van der Waals surface area contributed by atoms with E-state index in [4.69, 9.17) is 4.99 Å². The van der Waals surface area contributed by atoms with Crippen LogP contribution < -0.4 is 10.6 Å². The van der Waals surface area contributed by atoms with Crippen molar-refractivity contribution in [1.82, 2.24) is 15.5 Å². The molecule has 1 aromatic carbocycles. The van der Waals surface area contributed by atoms with Gasteiger partial charge in [-0.2, -0.15) is 0 Å². The molecule has 0 aromatic heterocycles. The summed E-state index contributed by atoms with van der Waals surface area (Å²) in [6, 6.07) is 11.5. The van der Waals surface area contributed by atoms with E-state index in [-0.39, 0.29) is 29.4 Å². The van der Waals surface area contributed by atoms with Crippen LogP contribution in [0.5, 0.6) is 0 Å². The van der Waals surface area contributed by atoms with E-state index < -0.39 is 0 Å². The molecule has 1 saturated carbocycles. The molecule has 1 aliphatic heterocycles. The number of nitrogens with one attached hydrogen (secondary N) is 2. The van der Waals surface area contributed by atoms with E-state index in [0.717, 1.165) is 19.0 Å². The molecule has 1 saturated heterocycles. The summed E-state index contributed by atoms with van der Waals surface area (Å²) in [7, 11) is 0. The minimum absolute atomic E-state index is 0. The predicted molar refractivity (Wildman–Crippen MR) is 126 cm³/mol. The lowest BCUT2D eigenvalue weighted by Crippen LogP contribution is -2.49. The van der Waals surface area contributed by atoms with E-state index in [1.54, 1.807) is 0 Å². The zero-order chi connectivity index (χ0) is 18.2. The van der Waals surface area contributed by atoms with Crippen LogP contribution in [0.2, 0.25) is 0 Å². The molecule has 1 heterocycles. The normalized spacial score (nSPS) is 20.4. The molecule has 2 N–H and O–H groups in total. The van der Waals surface area contributed by atoms with Crippen molar-refractivity contribution in [1.29, 1.82) is 0 Å². The van der Waals surface area contributed by atoms with Gasteiger partial charge < -0.3 is 15.5 Å². The minimum atomic E-state index is 0. The first-order chi connectivity index (χ1) is 12.8. The molecule has 152 valence electrons. The van der Waals surface area contributed by atoms with Gasteiger partial charge in [-0.05, 0) is 51.1 Å². The van der Waals surface area contributed by atoms with Gasteiger partial charge in [-0.15, -0.1) is 24.0 Å². The van der Waals surface area contributed by atoms with Crippen LogP contribution in [-0.4, -0.2) is 49.6 Å². The van der Waals surface area contributed by atoms with E-state index in [1.807, 2.05) is 0 Å². The summed E-state index contributed by atoms with van der Waals surface area (Å²) < 4.78 is 0. The highest BCUT2D eigenvalue weighted by molar-refractivity contribution is 14.0. The maximum absolute atomic E-state index is 5.01. The molecule has 0 radical (unpaired) electrons. The standard InChI is InChI=1S/C22H36N4.HI/c1-3-15-26-16-11-20(12-17-26)25-21(23-4-2)24-18-22(13-8-14-22)19-9-6-5-7-10-19;/h5-7,9-10,20H,3-4,8,11-18H2,1-2H3,(H2,23,24,25);1H. The van der Waals surface area contributed by atoms with Crippen LogP contribution in [0, 0.1) is 0 Å². The van der Waals surface area contributed by atoms with E-state index in [1.165, 1.54) is 63.7 Å². The second-order valence-corrected chi connectivity index (χ2v) is 7.96. The van der Waals surface area contributed by atoms with Gasteiger partial charge in [0.1, 0.15) is 0 Å². The molecule has 0 amide bonds. The molecule has 3 rings (SSSR count). The summed E-state index contributed by atoms with van der Waals surface area (Å²) in [4.78, 5) is 7.60. The number of hydrogen-bond donors (Lipinski definition) is 2. The Morgan fingerprint density at radius 1 is 1.15 bits per heavy atom. The Morgan fingerprint density at radius 3 is 2.41 bits per heavy atom. The smallest absolute Gasteiger partial charge is 0.191 e. The van der Waals surface area contributed by atoms with E-state index in [2.05, 4.69) is 59.7 Å². The summed E-state index contributed by atoms with van der Waals surface area (Å²) >= 11 is 0. The highest BCUT2D eigenvalue weighted by atomic mass is 127. The van der Waals surface area contributed by atoms with Gasteiger partial charge in [-0.25, -0.2) is 0 Å². The maximum atomic E-state index is 5.01. The molecule has 1 aromatic rings. The molecule has 1 aliphatic carbocycles. The third-order valence-corrected chi connectivity index (χ3v) is 6.05. The van der Waals surface area contributed by atoms with Crippen molar-refractivity contribution in [3.05, 3.63) is 35.9 Å². The van der Waals surface area contributed by atoms with Gasteiger partial charge in [-0.3, -0.25) is 4.99 Å². The number of piperidine rings is 1. The van der Waals surface area contributed by atoms with E-state index in [0.29, 0.717) is 6.04 Å². The lowest BCUT2D eigenvalue weighted by Gasteiger charge is -2.41. The molecular weight excluding hydrogens is 447 g/mol. The molecule has 2 aliphatic rings. The van der Waals surface area contributed by atoms with Crippen molar-refractivity contribution in [3.63, 3.8) is 0 Å². The fourth-order valence-corrected chi connectivity index (χ4v) is 4.29. The molecule has 0 unspecified atom stereocenters. The molecule has 2 fully saturated rings. The van der Waals surface area contributed by atoms with Crippen LogP contribution >= 0.6 is 24.0 Å². The number of benzene rings is 1. The van der Waals surface area contributed by atoms with Crippen molar-refractivity contribution in [2.24, 2.45) is 4.99 Å². The quantitative estimate of drug-likeness (QED) is 0.347. The number of hydrogen-bond acceptors (Lipinski definition) is 2. The van der Waals surface area contributed by atoms with Gasteiger partial charge in [0.15, 0.2) is 5.96 Å². The number of nitrogens with zero attached hydrogens (tertiary/aromatic N) is 2. The Bertz CT molecular complexity index is 563. The second kappa shape index (κ2) is 11.2. The number of likely N-dealkylation sites (tertiary alicyclic amines) is 1. The minimum Gasteiger partial charge on any atom is -0.357 e. The van der Waals surface area contributed by atoms with Crippen LogP contribution in [0.4, 0.5) is 0 Å². The third-order valence-electron chi connectivity index (χ3n) is 6.05. The molecule has 5 heteroatoms. The van der Waals surface area contributed by atoms with Gasteiger partial charge in [0.25, 0.3) is 0 Å². The number of guanidine groups is 1. The first kappa shape index (κ1) is 22.5. The first-order valence-electron chi connectivity index (χ1n) is 10.6. The number of rotatable bonds is 7. The molecular formula is C22H37IN4. The fourth-order valence-electron chi connectivity index (χ4n) is 4.29. The molecule has 0 atom stereocenters. The number of halogens is 1. The zero-order valence-corrected chi connectivity index (χ0v) is 19.4. The summed E-state index contributed by atoms with van der Waals surface area (Å²) in [6.07, 6.45) is 7.53. The Balaban J connectivity index is 0.00000261. The highest BCUT2D eigenvalue weighted by Crippen LogP contribution is 2.43. The van der Waals surface area contributed by atoms with Crippen molar-refractivity contribution in [3.8, 4) is 0 Å². The van der Waals surface area contributed by atoms with Crippen LogP contribution in [0.3, 0.4) is 0 Å². The Labute approximate surface area is 182 Å². The SMILES string of the molecule is CCCN1CCC(NC(=NCC2(c3ccccc3)CCC2)NCC)CC1.I. The first-order valence-corrected chi connectivity index (χ1v) is 10.6. The third kappa shape index (κ3) is 6.08. The van der Waals surface area contributed by atoms with Crippen molar-refractivity contribution >= 4 is 29.9 Å². The molecule has 0 bridgehead atoms. The van der Waals surface area contributed by atoms with Gasteiger partial charge in [0, 0.05) is 31.1 Å². The lowest BCUT2D eigenvalue weighted by atomic mass is 9.64. The van der Waals surface area contributed by atoms with Crippen LogP contribution in [0.1, 0.15) is 57.9 Å². The van der Waals surface area contributed by atoms with Crippen LogP contribution in [0.15, 0.2) is 35.3 Å². The average molecular weight is 484 g/mol. The van der Waals surface area contributed by atoms with Crippen LogP contribution in [-0.2, 0) is 5.41 Å². The van der Waals surface area contributed by atoms with Crippen LogP contribution in [0.25, 0.3) is 0 Å². The molecule has 27 heavy (non-hydrogen) atoms. The van der Waals surface area contributed by atoms with E-state index >= 15 is 0 Å². The monoisotopic (exact) mass is 484 g/mol. The fraction of sp³-hybridized carbons (Fsp3) is 0.682. The summed E-state index contributed by atoms with van der Waals surface area (Å²) in [5, 5.41) is 7.17. The Hall–Kier alpha value is -0.820. The van der Waals surface area contributed by atoms with Crippen molar-refractivity contribution in [2.45, 2.75) is 63.8 Å². The van der Waals surface area contributed by atoms with Gasteiger partial charge in [0.2, 0.25) is 0 Å².